The zero-order valence-corrected chi connectivity index (χ0v) is 17.0. The number of nitrogens with zero attached hydrogens (tertiary/aromatic N) is 1. The van der Waals surface area contributed by atoms with Crippen molar-refractivity contribution in [1.82, 2.24) is 10.2 Å². The average molecular weight is 415 g/mol. The standard InChI is InChI=1S/C22H23ClN2O4/c1-14-10-20-15(11-16(14)23)18(26)12-21(29-20)22(27)24-13-17(19-6-5-9-28-19)25-7-3-2-4-8-25/h5-6,9-12,17H,2-4,7-8,13H2,1H3,(H,24,27)/t17-/m1/s1. The monoisotopic (exact) mass is 414 g/mol. The van der Waals surface area contributed by atoms with E-state index in [1.807, 2.05) is 19.1 Å². The molecule has 1 aliphatic rings. The van der Waals surface area contributed by atoms with Gasteiger partial charge in [0.25, 0.3) is 5.91 Å². The maximum atomic E-state index is 12.7. The van der Waals surface area contributed by atoms with Crippen molar-refractivity contribution >= 4 is 28.5 Å². The largest absolute Gasteiger partial charge is 0.468 e. The second-order valence-corrected chi connectivity index (χ2v) is 7.82. The molecule has 1 saturated heterocycles. The van der Waals surface area contributed by atoms with Crippen molar-refractivity contribution in [2.24, 2.45) is 0 Å². The van der Waals surface area contributed by atoms with Gasteiger partial charge in [0.15, 0.2) is 11.2 Å². The molecule has 4 rings (SSSR count). The van der Waals surface area contributed by atoms with Crippen LogP contribution in [0.4, 0.5) is 0 Å². The molecule has 0 unspecified atom stereocenters. The van der Waals surface area contributed by atoms with E-state index in [1.165, 1.54) is 12.5 Å². The lowest BCUT2D eigenvalue weighted by Crippen LogP contribution is -2.40. The molecule has 1 amide bonds. The summed E-state index contributed by atoms with van der Waals surface area (Å²) in [7, 11) is 0. The predicted molar refractivity (Wildman–Crippen MR) is 111 cm³/mol. The number of nitrogens with one attached hydrogen (secondary N) is 1. The summed E-state index contributed by atoms with van der Waals surface area (Å²) >= 11 is 6.10. The maximum absolute atomic E-state index is 12.7. The van der Waals surface area contributed by atoms with Gasteiger partial charge in [0.2, 0.25) is 0 Å². The number of likely N-dealkylation sites (tertiary alicyclic amines) is 1. The van der Waals surface area contributed by atoms with Crippen molar-refractivity contribution in [3.05, 3.63) is 68.9 Å². The summed E-state index contributed by atoms with van der Waals surface area (Å²) in [6.07, 6.45) is 5.13. The second-order valence-electron chi connectivity index (χ2n) is 7.41. The first-order valence-electron chi connectivity index (χ1n) is 9.82. The molecule has 1 atom stereocenters. The van der Waals surface area contributed by atoms with E-state index in [4.69, 9.17) is 20.4 Å². The van der Waals surface area contributed by atoms with Crippen LogP contribution in [0.15, 0.2) is 50.2 Å². The van der Waals surface area contributed by atoms with Crippen LogP contribution < -0.4 is 10.7 Å². The highest BCUT2D eigenvalue weighted by atomic mass is 35.5. The zero-order chi connectivity index (χ0) is 20.4. The quantitative estimate of drug-likeness (QED) is 0.673. The summed E-state index contributed by atoms with van der Waals surface area (Å²) in [5, 5.41) is 3.75. The molecule has 29 heavy (non-hydrogen) atoms. The first kappa shape index (κ1) is 19.7. The van der Waals surface area contributed by atoms with Crippen molar-refractivity contribution in [2.75, 3.05) is 19.6 Å². The third-order valence-electron chi connectivity index (χ3n) is 5.39. The van der Waals surface area contributed by atoms with E-state index in [2.05, 4.69) is 10.2 Å². The number of carbonyl (C=O) groups excluding carboxylic acids is 1. The van der Waals surface area contributed by atoms with Gasteiger partial charge in [-0.2, -0.15) is 0 Å². The minimum atomic E-state index is -0.426. The minimum Gasteiger partial charge on any atom is -0.468 e. The zero-order valence-electron chi connectivity index (χ0n) is 16.2. The number of piperidine rings is 1. The lowest BCUT2D eigenvalue weighted by Gasteiger charge is -2.33. The number of benzene rings is 1. The molecule has 0 radical (unpaired) electrons. The molecule has 1 N–H and O–H groups in total. The average Bonchev–Trinajstić information content (AvgIpc) is 3.25. The molecule has 3 heterocycles. The van der Waals surface area contributed by atoms with Gasteiger partial charge in [-0.05, 0) is 62.7 Å². The van der Waals surface area contributed by atoms with Crippen molar-refractivity contribution < 1.29 is 13.6 Å². The summed E-state index contributed by atoms with van der Waals surface area (Å²) in [5.41, 5.74) is 0.836. The Bertz CT molecular complexity index is 1070. The summed E-state index contributed by atoms with van der Waals surface area (Å²) < 4.78 is 11.3. The molecule has 0 bridgehead atoms. The van der Waals surface area contributed by atoms with Crippen molar-refractivity contribution in [1.29, 1.82) is 0 Å². The normalized spacial score (nSPS) is 16.1. The highest BCUT2D eigenvalue weighted by molar-refractivity contribution is 6.32. The van der Waals surface area contributed by atoms with Gasteiger partial charge in [-0.1, -0.05) is 18.0 Å². The fourth-order valence-electron chi connectivity index (χ4n) is 3.79. The molecule has 6 nitrogen and oxygen atoms in total. The van der Waals surface area contributed by atoms with Gasteiger partial charge < -0.3 is 14.2 Å². The first-order chi connectivity index (χ1) is 14.0. The van der Waals surface area contributed by atoms with Gasteiger partial charge in [-0.15, -0.1) is 0 Å². The Kier molecular flexibility index (Phi) is 5.74. The topological polar surface area (TPSA) is 75.7 Å². The molecule has 1 aromatic carbocycles. The predicted octanol–water partition coefficient (Wildman–Crippen LogP) is 4.30. The van der Waals surface area contributed by atoms with E-state index in [1.54, 1.807) is 18.4 Å². The summed E-state index contributed by atoms with van der Waals surface area (Å²) in [6, 6.07) is 8.19. The van der Waals surface area contributed by atoms with E-state index in [-0.39, 0.29) is 17.2 Å². The molecule has 1 aliphatic heterocycles. The molecule has 0 saturated carbocycles. The van der Waals surface area contributed by atoms with Crippen LogP contribution >= 0.6 is 11.6 Å². The lowest BCUT2D eigenvalue weighted by molar-refractivity contribution is 0.0888. The molecule has 152 valence electrons. The summed E-state index contributed by atoms with van der Waals surface area (Å²) in [6.45, 7) is 4.12. The molecule has 7 heteroatoms. The SMILES string of the molecule is Cc1cc2oc(C(=O)NC[C@H](c3ccco3)N3CCCCC3)cc(=O)c2cc1Cl. The number of amides is 1. The highest BCUT2D eigenvalue weighted by Crippen LogP contribution is 2.25. The van der Waals surface area contributed by atoms with E-state index < -0.39 is 5.91 Å². The van der Waals surface area contributed by atoms with E-state index >= 15 is 0 Å². The second kappa shape index (κ2) is 8.43. The Labute approximate surface area is 173 Å². The lowest BCUT2D eigenvalue weighted by atomic mass is 10.1. The number of hydrogen-bond donors (Lipinski definition) is 1. The Hall–Kier alpha value is -2.57. The van der Waals surface area contributed by atoms with Crippen molar-refractivity contribution in [3.63, 3.8) is 0 Å². The molecule has 3 aromatic rings. The van der Waals surface area contributed by atoms with Gasteiger partial charge in [-0.25, -0.2) is 0 Å². The van der Waals surface area contributed by atoms with Gasteiger partial charge in [0.05, 0.1) is 17.7 Å². The molecule has 2 aromatic heterocycles. The smallest absolute Gasteiger partial charge is 0.287 e. The molecule has 0 aliphatic carbocycles. The number of halogens is 1. The van der Waals surface area contributed by atoms with Crippen LogP contribution in [0.2, 0.25) is 5.02 Å². The third kappa shape index (κ3) is 4.23. The van der Waals surface area contributed by atoms with Crippen LogP contribution in [0.5, 0.6) is 0 Å². The number of rotatable bonds is 5. The molecular formula is C22H23ClN2O4. The number of fused-ring (bicyclic) bond motifs is 1. The van der Waals surface area contributed by atoms with E-state index in [0.29, 0.717) is 22.5 Å². The number of hydrogen-bond acceptors (Lipinski definition) is 5. The van der Waals surface area contributed by atoms with Crippen LogP contribution in [0.3, 0.4) is 0 Å². The molecule has 1 fully saturated rings. The van der Waals surface area contributed by atoms with Crippen molar-refractivity contribution in [3.8, 4) is 0 Å². The van der Waals surface area contributed by atoms with Gasteiger partial charge in [-0.3, -0.25) is 14.5 Å². The van der Waals surface area contributed by atoms with Crippen LogP contribution in [0, 0.1) is 6.92 Å². The van der Waals surface area contributed by atoms with Crippen LogP contribution in [0.1, 0.15) is 47.2 Å². The molecular weight excluding hydrogens is 392 g/mol. The Morgan fingerprint density at radius 2 is 2.03 bits per heavy atom. The summed E-state index contributed by atoms with van der Waals surface area (Å²) in [5.74, 6) is 0.378. The van der Waals surface area contributed by atoms with E-state index in [9.17, 15) is 9.59 Å². The Morgan fingerprint density at radius 1 is 1.24 bits per heavy atom. The van der Waals surface area contributed by atoms with Crippen molar-refractivity contribution in [2.45, 2.75) is 32.2 Å². The Balaban J connectivity index is 1.55. The van der Waals surface area contributed by atoms with Gasteiger partial charge in [0.1, 0.15) is 11.3 Å². The van der Waals surface area contributed by atoms with Crippen LogP contribution in [0.25, 0.3) is 11.0 Å². The maximum Gasteiger partial charge on any atom is 0.287 e. The van der Waals surface area contributed by atoms with E-state index in [0.717, 1.165) is 37.3 Å². The third-order valence-corrected chi connectivity index (χ3v) is 5.80. The minimum absolute atomic E-state index is 0.0129. The number of aryl methyl sites for hydroxylation is 1. The first-order valence-corrected chi connectivity index (χ1v) is 10.2. The van der Waals surface area contributed by atoms with Crippen LogP contribution in [-0.4, -0.2) is 30.4 Å². The number of carbonyl (C=O) groups is 1. The fourth-order valence-corrected chi connectivity index (χ4v) is 3.95. The highest BCUT2D eigenvalue weighted by Gasteiger charge is 2.25. The molecule has 0 spiro atoms. The Morgan fingerprint density at radius 3 is 2.76 bits per heavy atom. The van der Waals surface area contributed by atoms with Gasteiger partial charge in [0, 0.05) is 17.6 Å². The number of furan rings is 1. The summed E-state index contributed by atoms with van der Waals surface area (Å²) in [4.78, 5) is 27.5. The van der Waals surface area contributed by atoms with Gasteiger partial charge >= 0.3 is 0 Å². The van der Waals surface area contributed by atoms with Crippen LogP contribution in [-0.2, 0) is 0 Å². The fraction of sp³-hybridized carbons (Fsp3) is 0.364.